The molecule has 1 spiro atoms. The van der Waals surface area contributed by atoms with Gasteiger partial charge in [0.15, 0.2) is 0 Å². The third-order valence-electron chi connectivity index (χ3n) is 5.86. The Morgan fingerprint density at radius 2 is 1.91 bits per heavy atom. The van der Waals surface area contributed by atoms with Gasteiger partial charge in [-0.25, -0.2) is 0 Å². The first kappa shape index (κ1) is 15.8. The van der Waals surface area contributed by atoms with Crippen LogP contribution in [0.5, 0.6) is 0 Å². The first-order valence-electron chi connectivity index (χ1n) is 8.86. The third kappa shape index (κ3) is 3.14. The molecule has 5 heteroatoms. The Bertz CT molecular complexity index is 434. The Hall–Kier alpha value is -1.10. The van der Waals surface area contributed by atoms with Gasteiger partial charge in [-0.2, -0.15) is 0 Å². The van der Waals surface area contributed by atoms with Gasteiger partial charge in [0.1, 0.15) is 0 Å². The van der Waals surface area contributed by atoms with Crippen molar-refractivity contribution in [2.45, 2.75) is 63.8 Å². The second kappa shape index (κ2) is 6.57. The molecule has 0 aromatic rings. The zero-order chi connectivity index (χ0) is 15.6. The van der Waals surface area contributed by atoms with Gasteiger partial charge in [0.25, 0.3) is 0 Å². The zero-order valence-corrected chi connectivity index (χ0v) is 13.4. The van der Waals surface area contributed by atoms with Crippen molar-refractivity contribution in [3.05, 3.63) is 0 Å². The Morgan fingerprint density at radius 1 is 1.14 bits per heavy atom. The summed E-state index contributed by atoms with van der Waals surface area (Å²) in [6.45, 7) is 3.15. The van der Waals surface area contributed by atoms with Gasteiger partial charge in [-0.15, -0.1) is 0 Å². The van der Waals surface area contributed by atoms with Crippen LogP contribution in [0, 0.1) is 5.41 Å². The number of carbonyl (C=O) groups is 2. The summed E-state index contributed by atoms with van der Waals surface area (Å²) in [5.41, 5.74) is -0.214. The van der Waals surface area contributed by atoms with Crippen LogP contribution in [0.25, 0.3) is 0 Å². The minimum Gasteiger partial charge on any atom is -0.481 e. The van der Waals surface area contributed by atoms with Crippen LogP contribution in [-0.4, -0.2) is 59.0 Å². The highest BCUT2D eigenvalue weighted by atomic mass is 16.4. The largest absolute Gasteiger partial charge is 0.481 e. The monoisotopic (exact) mass is 308 g/mol. The van der Waals surface area contributed by atoms with Crippen LogP contribution in [0.2, 0.25) is 0 Å². The lowest BCUT2D eigenvalue weighted by Gasteiger charge is -2.44. The number of likely N-dealkylation sites (tertiary alicyclic amines) is 2. The van der Waals surface area contributed by atoms with E-state index < -0.39 is 5.97 Å². The number of piperidine rings is 1. The fourth-order valence-electron chi connectivity index (χ4n) is 4.62. The van der Waals surface area contributed by atoms with Crippen LogP contribution in [0.1, 0.15) is 57.8 Å². The standard InChI is InChI=1S/C17H28N2O3/c20-15(21)7-11-18-12-9-17(13-18)8-4-10-19(16(17)22)14-5-2-1-3-6-14/h14H,1-13H2,(H,20,21). The number of amides is 1. The molecule has 5 nitrogen and oxygen atoms in total. The molecule has 1 N–H and O–H groups in total. The van der Waals surface area contributed by atoms with Crippen molar-refractivity contribution < 1.29 is 14.7 Å². The Balaban J connectivity index is 1.63. The van der Waals surface area contributed by atoms with Crippen LogP contribution in [0.15, 0.2) is 0 Å². The van der Waals surface area contributed by atoms with Crippen LogP contribution >= 0.6 is 0 Å². The van der Waals surface area contributed by atoms with Crippen LogP contribution in [-0.2, 0) is 9.59 Å². The van der Waals surface area contributed by atoms with Gasteiger partial charge in [0.05, 0.1) is 11.8 Å². The second-order valence-corrected chi connectivity index (χ2v) is 7.34. The van der Waals surface area contributed by atoms with E-state index in [-0.39, 0.29) is 11.8 Å². The molecule has 2 heterocycles. The summed E-state index contributed by atoms with van der Waals surface area (Å²) in [4.78, 5) is 28.2. The number of carboxylic acid groups (broad SMARTS) is 1. The second-order valence-electron chi connectivity index (χ2n) is 7.34. The predicted octanol–water partition coefficient (Wildman–Crippen LogP) is 2.11. The molecule has 1 saturated carbocycles. The molecule has 0 radical (unpaired) electrons. The summed E-state index contributed by atoms with van der Waals surface area (Å²) >= 11 is 0. The number of aliphatic carboxylic acids is 1. The van der Waals surface area contributed by atoms with Crippen molar-refractivity contribution in [2.24, 2.45) is 5.41 Å². The molecular formula is C17H28N2O3. The van der Waals surface area contributed by atoms with Crippen molar-refractivity contribution in [3.8, 4) is 0 Å². The molecule has 1 aliphatic carbocycles. The number of carbonyl (C=O) groups excluding carboxylic acids is 1. The molecule has 2 saturated heterocycles. The van der Waals surface area contributed by atoms with E-state index in [0.717, 1.165) is 38.9 Å². The van der Waals surface area contributed by atoms with Gasteiger partial charge < -0.3 is 14.9 Å². The van der Waals surface area contributed by atoms with Crippen molar-refractivity contribution in [1.82, 2.24) is 9.80 Å². The molecule has 0 aromatic heterocycles. The Morgan fingerprint density at radius 3 is 2.64 bits per heavy atom. The van der Waals surface area contributed by atoms with Gasteiger partial charge in [-0.1, -0.05) is 19.3 Å². The number of hydrogen-bond donors (Lipinski definition) is 1. The molecule has 3 aliphatic rings. The Labute approximate surface area is 132 Å². The van der Waals surface area contributed by atoms with Gasteiger partial charge in [0, 0.05) is 25.7 Å². The molecule has 2 aliphatic heterocycles. The molecule has 3 fully saturated rings. The quantitative estimate of drug-likeness (QED) is 0.864. The molecule has 0 bridgehead atoms. The highest BCUT2D eigenvalue weighted by Crippen LogP contribution is 2.41. The summed E-state index contributed by atoms with van der Waals surface area (Å²) in [5, 5.41) is 8.84. The molecule has 1 amide bonds. The lowest BCUT2D eigenvalue weighted by atomic mass is 9.77. The van der Waals surface area contributed by atoms with Crippen LogP contribution < -0.4 is 0 Å². The van der Waals surface area contributed by atoms with Crippen molar-refractivity contribution in [2.75, 3.05) is 26.2 Å². The maximum Gasteiger partial charge on any atom is 0.304 e. The first-order chi connectivity index (χ1) is 10.6. The summed E-state index contributed by atoms with van der Waals surface area (Å²) in [6.07, 6.45) is 9.35. The van der Waals surface area contributed by atoms with Crippen molar-refractivity contribution >= 4 is 11.9 Å². The topological polar surface area (TPSA) is 60.9 Å². The number of nitrogens with zero attached hydrogens (tertiary/aromatic N) is 2. The smallest absolute Gasteiger partial charge is 0.304 e. The van der Waals surface area contributed by atoms with E-state index in [1.54, 1.807) is 0 Å². The van der Waals surface area contributed by atoms with E-state index in [4.69, 9.17) is 5.11 Å². The van der Waals surface area contributed by atoms with Crippen molar-refractivity contribution in [3.63, 3.8) is 0 Å². The number of carboxylic acids is 1. The highest BCUT2D eigenvalue weighted by molar-refractivity contribution is 5.84. The number of hydrogen-bond acceptors (Lipinski definition) is 3. The molecule has 1 atom stereocenters. The lowest BCUT2D eigenvalue weighted by Crippen LogP contribution is -2.54. The highest BCUT2D eigenvalue weighted by Gasteiger charge is 2.49. The van der Waals surface area contributed by atoms with Crippen molar-refractivity contribution in [1.29, 1.82) is 0 Å². The fourth-order valence-corrected chi connectivity index (χ4v) is 4.62. The van der Waals surface area contributed by atoms with E-state index >= 15 is 0 Å². The summed E-state index contributed by atoms with van der Waals surface area (Å²) in [7, 11) is 0. The molecule has 0 aromatic carbocycles. The molecule has 124 valence electrons. The van der Waals surface area contributed by atoms with Crippen LogP contribution in [0.4, 0.5) is 0 Å². The average Bonchev–Trinajstić information content (AvgIpc) is 2.93. The van der Waals surface area contributed by atoms with Gasteiger partial charge in [-0.05, 0) is 38.6 Å². The van der Waals surface area contributed by atoms with E-state index in [9.17, 15) is 9.59 Å². The van der Waals surface area contributed by atoms with Gasteiger partial charge in [-0.3, -0.25) is 9.59 Å². The van der Waals surface area contributed by atoms with Crippen LogP contribution in [0.3, 0.4) is 0 Å². The first-order valence-corrected chi connectivity index (χ1v) is 8.86. The fraction of sp³-hybridized carbons (Fsp3) is 0.882. The third-order valence-corrected chi connectivity index (χ3v) is 5.86. The normalized spacial score (nSPS) is 31.1. The predicted molar refractivity (Wildman–Crippen MR) is 83.6 cm³/mol. The summed E-state index contributed by atoms with van der Waals surface area (Å²) in [6, 6.07) is 0.464. The zero-order valence-electron chi connectivity index (χ0n) is 13.4. The molecule has 22 heavy (non-hydrogen) atoms. The molecular weight excluding hydrogens is 280 g/mol. The lowest BCUT2D eigenvalue weighted by molar-refractivity contribution is -0.149. The van der Waals surface area contributed by atoms with E-state index in [2.05, 4.69) is 9.80 Å². The Kier molecular flexibility index (Phi) is 4.71. The summed E-state index contributed by atoms with van der Waals surface area (Å²) < 4.78 is 0. The van der Waals surface area contributed by atoms with E-state index in [0.29, 0.717) is 18.5 Å². The van der Waals surface area contributed by atoms with Gasteiger partial charge in [0.2, 0.25) is 5.91 Å². The number of rotatable bonds is 4. The minimum absolute atomic E-state index is 0.177. The SMILES string of the molecule is O=C(O)CCN1CCC2(CCCN(C3CCCCC3)C2=O)C1. The van der Waals surface area contributed by atoms with Gasteiger partial charge >= 0.3 is 5.97 Å². The molecule has 1 unspecified atom stereocenters. The molecule has 3 rings (SSSR count). The average molecular weight is 308 g/mol. The summed E-state index contributed by atoms with van der Waals surface area (Å²) in [5.74, 6) is -0.386. The van der Waals surface area contributed by atoms with E-state index in [1.807, 2.05) is 0 Å². The minimum atomic E-state index is -0.750. The maximum absolute atomic E-state index is 13.1. The van der Waals surface area contributed by atoms with E-state index in [1.165, 1.54) is 32.1 Å². The maximum atomic E-state index is 13.1.